The quantitative estimate of drug-likeness (QED) is 0.701. The zero-order valence-corrected chi connectivity index (χ0v) is 15.4. The third kappa shape index (κ3) is 3.85. The van der Waals surface area contributed by atoms with Crippen LogP contribution in [-0.4, -0.2) is 18.2 Å². The van der Waals surface area contributed by atoms with Crippen molar-refractivity contribution in [2.45, 2.75) is 18.4 Å². The Morgan fingerprint density at radius 3 is 2.58 bits per heavy atom. The summed E-state index contributed by atoms with van der Waals surface area (Å²) < 4.78 is 30.3. The van der Waals surface area contributed by atoms with Crippen LogP contribution < -0.4 is 4.72 Å². The highest BCUT2D eigenvalue weighted by atomic mass is 79.9. The van der Waals surface area contributed by atoms with E-state index in [4.69, 9.17) is 0 Å². The average molecular weight is 406 g/mol. The lowest BCUT2D eigenvalue weighted by Gasteiger charge is -2.07. The molecule has 0 bridgehead atoms. The molecule has 0 spiro atoms. The van der Waals surface area contributed by atoms with Crippen LogP contribution in [0.1, 0.15) is 11.3 Å². The normalized spacial score (nSPS) is 11.4. The second-order valence-electron chi connectivity index (χ2n) is 5.38. The first kappa shape index (κ1) is 16.7. The second-order valence-corrected chi connectivity index (χ2v) is 7.94. The van der Waals surface area contributed by atoms with E-state index in [-0.39, 0.29) is 4.90 Å². The van der Waals surface area contributed by atoms with Gasteiger partial charge in [-0.05, 0) is 30.7 Å². The van der Waals surface area contributed by atoms with Gasteiger partial charge in [-0.25, -0.2) is 8.42 Å². The van der Waals surface area contributed by atoms with Crippen LogP contribution in [0.2, 0.25) is 0 Å². The highest BCUT2D eigenvalue weighted by molar-refractivity contribution is 9.10. The van der Waals surface area contributed by atoms with E-state index in [1.165, 1.54) is 0 Å². The number of benzene rings is 2. The van der Waals surface area contributed by atoms with Gasteiger partial charge in [0, 0.05) is 16.4 Å². The van der Waals surface area contributed by atoms with Crippen LogP contribution in [0.5, 0.6) is 0 Å². The van der Waals surface area contributed by atoms with E-state index in [1.54, 1.807) is 36.0 Å². The van der Waals surface area contributed by atoms with Gasteiger partial charge in [0.2, 0.25) is 0 Å². The molecule has 0 fully saturated rings. The molecule has 0 saturated heterocycles. The van der Waals surface area contributed by atoms with Gasteiger partial charge in [-0.3, -0.25) is 9.40 Å². The number of nitrogens with zero attached hydrogens (tertiary/aromatic N) is 2. The molecule has 3 rings (SSSR count). The average Bonchev–Trinajstić information content (AvgIpc) is 2.89. The first-order chi connectivity index (χ1) is 11.4. The Labute approximate surface area is 149 Å². The SMILES string of the molecule is Cc1nn(Cc2ccccc2)cc1S(=O)(=O)Nc1cccc(Br)c1. The van der Waals surface area contributed by atoms with Crippen molar-refractivity contribution in [2.75, 3.05) is 4.72 Å². The largest absolute Gasteiger partial charge is 0.279 e. The number of aromatic nitrogens is 2. The van der Waals surface area contributed by atoms with Crippen molar-refractivity contribution in [3.63, 3.8) is 0 Å². The summed E-state index contributed by atoms with van der Waals surface area (Å²) in [5.41, 5.74) is 2.02. The molecule has 0 aliphatic rings. The molecule has 2 aromatic carbocycles. The van der Waals surface area contributed by atoms with E-state index in [0.717, 1.165) is 10.0 Å². The summed E-state index contributed by atoms with van der Waals surface area (Å²) in [6.07, 6.45) is 1.56. The molecule has 5 nitrogen and oxygen atoms in total. The number of hydrogen-bond donors (Lipinski definition) is 1. The Bertz CT molecular complexity index is 953. The Morgan fingerprint density at radius 2 is 1.88 bits per heavy atom. The van der Waals surface area contributed by atoms with Gasteiger partial charge in [0.05, 0.1) is 12.2 Å². The molecule has 0 radical (unpaired) electrons. The molecule has 0 aliphatic carbocycles. The van der Waals surface area contributed by atoms with Crippen molar-refractivity contribution < 1.29 is 8.42 Å². The van der Waals surface area contributed by atoms with Crippen molar-refractivity contribution in [3.8, 4) is 0 Å². The predicted molar refractivity (Wildman–Crippen MR) is 97.5 cm³/mol. The molecule has 0 atom stereocenters. The second kappa shape index (κ2) is 6.78. The number of halogens is 1. The molecule has 1 heterocycles. The van der Waals surface area contributed by atoms with E-state index >= 15 is 0 Å². The molecule has 3 aromatic rings. The smallest absolute Gasteiger partial charge is 0.265 e. The van der Waals surface area contributed by atoms with Crippen LogP contribution in [0.25, 0.3) is 0 Å². The first-order valence-electron chi connectivity index (χ1n) is 7.30. The standard InChI is InChI=1S/C17H16BrN3O2S/c1-13-17(12-21(19-13)11-14-6-3-2-4-7-14)24(22,23)20-16-9-5-8-15(18)10-16/h2-10,12,20H,11H2,1H3. The van der Waals surface area contributed by atoms with Gasteiger partial charge in [-0.1, -0.05) is 52.3 Å². The highest BCUT2D eigenvalue weighted by Crippen LogP contribution is 2.21. The summed E-state index contributed by atoms with van der Waals surface area (Å²) in [4.78, 5) is 0.179. The molecule has 7 heteroatoms. The number of aryl methyl sites for hydroxylation is 1. The fourth-order valence-electron chi connectivity index (χ4n) is 2.38. The molecule has 1 N–H and O–H groups in total. The minimum Gasteiger partial charge on any atom is -0.279 e. The van der Waals surface area contributed by atoms with E-state index in [2.05, 4.69) is 25.8 Å². The van der Waals surface area contributed by atoms with Gasteiger partial charge in [-0.2, -0.15) is 5.10 Å². The summed E-state index contributed by atoms with van der Waals surface area (Å²) in [5, 5.41) is 4.32. The number of rotatable bonds is 5. The van der Waals surface area contributed by atoms with Gasteiger partial charge >= 0.3 is 0 Å². The van der Waals surface area contributed by atoms with Crippen molar-refractivity contribution in [1.29, 1.82) is 0 Å². The summed E-state index contributed by atoms with van der Waals surface area (Å²) in [5.74, 6) is 0. The molecule has 0 saturated carbocycles. The van der Waals surface area contributed by atoms with Crippen LogP contribution in [0, 0.1) is 6.92 Å². The zero-order valence-electron chi connectivity index (χ0n) is 13.0. The van der Waals surface area contributed by atoms with E-state index in [0.29, 0.717) is 17.9 Å². The van der Waals surface area contributed by atoms with Crippen LogP contribution in [0.15, 0.2) is 70.2 Å². The minimum absolute atomic E-state index is 0.179. The first-order valence-corrected chi connectivity index (χ1v) is 9.58. The van der Waals surface area contributed by atoms with Gasteiger partial charge in [0.15, 0.2) is 0 Å². The third-order valence-electron chi connectivity index (χ3n) is 3.46. The Balaban J connectivity index is 1.86. The van der Waals surface area contributed by atoms with Gasteiger partial charge in [-0.15, -0.1) is 0 Å². The predicted octanol–water partition coefficient (Wildman–Crippen LogP) is 3.80. The highest BCUT2D eigenvalue weighted by Gasteiger charge is 2.20. The lowest BCUT2D eigenvalue weighted by Crippen LogP contribution is -2.13. The molecular weight excluding hydrogens is 390 g/mol. The lowest BCUT2D eigenvalue weighted by molar-refractivity contribution is 0.600. The lowest BCUT2D eigenvalue weighted by atomic mass is 10.2. The third-order valence-corrected chi connectivity index (χ3v) is 5.43. The summed E-state index contributed by atoms with van der Waals surface area (Å²) >= 11 is 3.33. The van der Waals surface area contributed by atoms with Crippen molar-refractivity contribution >= 4 is 31.6 Å². The van der Waals surface area contributed by atoms with Crippen molar-refractivity contribution in [2.24, 2.45) is 0 Å². The van der Waals surface area contributed by atoms with Crippen LogP contribution in [0.3, 0.4) is 0 Å². The van der Waals surface area contributed by atoms with Gasteiger partial charge < -0.3 is 0 Å². The molecule has 0 aliphatic heterocycles. The molecule has 1 aromatic heterocycles. The zero-order chi connectivity index (χ0) is 17.2. The number of anilines is 1. The fourth-order valence-corrected chi connectivity index (χ4v) is 4.01. The van der Waals surface area contributed by atoms with Crippen LogP contribution in [0.4, 0.5) is 5.69 Å². The van der Waals surface area contributed by atoms with Gasteiger partial charge in [0.25, 0.3) is 10.0 Å². The topological polar surface area (TPSA) is 64.0 Å². The molecule has 124 valence electrons. The summed E-state index contributed by atoms with van der Waals surface area (Å²) in [6, 6.07) is 16.8. The minimum atomic E-state index is -3.69. The number of nitrogens with one attached hydrogen (secondary N) is 1. The summed E-state index contributed by atoms with van der Waals surface area (Å²) in [7, 11) is -3.69. The van der Waals surface area contributed by atoms with E-state index in [9.17, 15) is 8.42 Å². The Kier molecular flexibility index (Phi) is 4.73. The van der Waals surface area contributed by atoms with Gasteiger partial charge in [0.1, 0.15) is 4.90 Å². The van der Waals surface area contributed by atoms with E-state index in [1.807, 2.05) is 36.4 Å². The maximum Gasteiger partial charge on any atom is 0.265 e. The molecule has 0 amide bonds. The van der Waals surface area contributed by atoms with E-state index < -0.39 is 10.0 Å². The Morgan fingerprint density at radius 1 is 1.12 bits per heavy atom. The molecule has 24 heavy (non-hydrogen) atoms. The molecular formula is C17H16BrN3O2S. The van der Waals surface area contributed by atoms with Crippen LogP contribution in [-0.2, 0) is 16.6 Å². The Hall–Kier alpha value is -2.12. The monoisotopic (exact) mass is 405 g/mol. The number of hydrogen-bond acceptors (Lipinski definition) is 3. The fraction of sp³-hybridized carbons (Fsp3) is 0.118. The van der Waals surface area contributed by atoms with Crippen LogP contribution >= 0.6 is 15.9 Å². The van der Waals surface area contributed by atoms with Crippen molar-refractivity contribution in [3.05, 3.63) is 76.5 Å². The van der Waals surface area contributed by atoms with Crippen molar-refractivity contribution in [1.82, 2.24) is 9.78 Å². The summed E-state index contributed by atoms with van der Waals surface area (Å²) in [6.45, 7) is 2.21. The maximum absolute atomic E-state index is 12.6. The number of sulfonamides is 1. The molecule has 0 unspecified atom stereocenters. The maximum atomic E-state index is 12.6.